The molecular formula is C17H19N7O2S. The third-order valence-electron chi connectivity index (χ3n) is 4.25. The van der Waals surface area contributed by atoms with Gasteiger partial charge in [-0.3, -0.25) is 5.32 Å². The number of nitrogens with one attached hydrogen (secondary N) is 1. The van der Waals surface area contributed by atoms with Gasteiger partial charge < -0.3 is 15.5 Å². The number of aryl methyl sites for hydroxylation is 1. The van der Waals surface area contributed by atoms with Gasteiger partial charge in [0.05, 0.1) is 18.6 Å². The molecule has 1 aromatic carbocycles. The summed E-state index contributed by atoms with van der Waals surface area (Å²) in [5, 5.41) is 4.37. The molecule has 2 aromatic heterocycles. The molecule has 27 heavy (non-hydrogen) atoms. The number of nitrogens with two attached hydrogens (primary N) is 1. The molecule has 0 saturated carbocycles. The van der Waals surface area contributed by atoms with E-state index in [1.54, 1.807) is 10.6 Å². The van der Waals surface area contributed by atoms with Crippen LogP contribution in [-0.4, -0.2) is 52.3 Å². The van der Waals surface area contributed by atoms with E-state index in [9.17, 15) is 4.79 Å². The maximum absolute atomic E-state index is 12.1. The highest BCUT2D eigenvalue weighted by atomic mass is 32.1. The number of amides is 1. The van der Waals surface area contributed by atoms with Crippen molar-refractivity contribution in [2.75, 3.05) is 42.1 Å². The van der Waals surface area contributed by atoms with Crippen molar-refractivity contribution in [3.8, 4) is 0 Å². The summed E-state index contributed by atoms with van der Waals surface area (Å²) in [4.78, 5) is 33.2. The van der Waals surface area contributed by atoms with Crippen molar-refractivity contribution >= 4 is 45.2 Å². The lowest BCUT2D eigenvalue weighted by molar-refractivity contribution is -0.0966. The second-order valence-electron chi connectivity index (χ2n) is 6.20. The van der Waals surface area contributed by atoms with Crippen LogP contribution in [-0.2, 0) is 4.84 Å². The number of hydrogen-bond acceptors (Lipinski definition) is 9. The Hall–Kier alpha value is -2.98. The van der Waals surface area contributed by atoms with E-state index in [0.29, 0.717) is 31.9 Å². The first-order valence-corrected chi connectivity index (χ1v) is 9.39. The number of benzene rings is 1. The molecule has 1 amide bonds. The number of carbonyl (C=O) groups is 1. The van der Waals surface area contributed by atoms with Crippen molar-refractivity contribution in [2.24, 2.45) is 0 Å². The summed E-state index contributed by atoms with van der Waals surface area (Å²) >= 11 is 1.43. The van der Waals surface area contributed by atoms with Crippen LogP contribution in [0.25, 0.3) is 10.3 Å². The van der Waals surface area contributed by atoms with Crippen LogP contribution in [0, 0.1) is 6.92 Å². The van der Waals surface area contributed by atoms with Crippen molar-refractivity contribution in [3.63, 3.8) is 0 Å². The normalized spacial score (nSPS) is 15.1. The van der Waals surface area contributed by atoms with Gasteiger partial charge in [0.2, 0.25) is 5.95 Å². The molecule has 3 heterocycles. The van der Waals surface area contributed by atoms with E-state index in [1.807, 2.05) is 31.2 Å². The smallest absolute Gasteiger partial charge is 0.368 e. The van der Waals surface area contributed by atoms with E-state index in [-0.39, 0.29) is 5.95 Å². The number of carbonyl (C=O) groups excluding carboxylic acids is 1. The summed E-state index contributed by atoms with van der Waals surface area (Å²) in [5.74, 6) is 0.959. The molecule has 1 aliphatic rings. The predicted octanol–water partition coefficient (Wildman–Crippen LogP) is 2.26. The molecule has 10 heteroatoms. The quantitative estimate of drug-likeness (QED) is 0.707. The highest BCUT2D eigenvalue weighted by Crippen LogP contribution is 2.26. The third-order valence-corrected chi connectivity index (χ3v) is 4.96. The fourth-order valence-corrected chi connectivity index (χ4v) is 3.53. The number of nitrogen functional groups attached to an aromatic ring is 1. The third kappa shape index (κ3) is 3.91. The average Bonchev–Trinajstić information content (AvgIpc) is 3.12. The van der Waals surface area contributed by atoms with E-state index in [4.69, 9.17) is 10.6 Å². The maximum atomic E-state index is 12.1. The lowest BCUT2D eigenvalue weighted by Crippen LogP contribution is -2.47. The molecule has 0 bridgehead atoms. The minimum Gasteiger partial charge on any atom is -0.368 e. The van der Waals surface area contributed by atoms with E-state index in [0.717, 1.165) is 21.7 Å². The molecule has 0 spiro atoms. The van der Waals surface area contributed by atoms with Crippen LogP contribution in [0.2, 0.25) is 0 Å². The Kier molecular flexibility index (Phi) is 4.73. The maximum Gasteiger partial charge on any atom is 0.430 e. The van der Waals surface area contributed by atoms with E-state index < -0.39 is 6.09 Å². The van der Waals surface area contributed by atoms with Gasteiger partial charge in [0.1, 0.15) is 5.52 Å². The van der Waals surface area contributed by atoms with Gasteiger partial charge >= 0.3 is 6.09 Å². The minimum atomic E-state index is -0.500. The molecular weight excluding hydrogens is 366 g/mol. The number of hydroxylamine groups is 2. The summed E-state index contributed by atoms with van der Waals surface area (Å²) < 4.78 is 0. The van der Waals surface area contributed by atoms with Crippen LogP contribution < -0.4 is 16.0 Å². The first-order valence-electron chi connectivity index (χ1n) is 8.51. The van der Waals surface area contributed by atoms with Crippen molar-refractivity contribution in [2.45, 2.75) is 6.92 Å². The Morgan fingerprint density at radius 1 is 1.19 bits per heavy atom. The van der Waals surface area contributed by atoms with Gasteiger partial charge in [-0.15, -0.1) is 16.4 Å². The molecule has 4 rings (SSSR count). The summed E-state index contributed by atoms with van der Waals surface area (Å²) in [6.07, 6.45) is -0.500. The zero-order valence-corrected chi connectivity index (χ0v) is 15.6. The van der Waals surface area contributed by atoms with E-state index in [1.165, 1.54) is 11.3 Å². The molecule has 0 unspecified atom stereocenters. The van der Waals surface area contributed by atoms with Crippen molar-refractivity contribution in [1.29, 1.82) is 0 Å². The zero-order valence-electron chi connectivity index (χ0n) is 14.8. The first kappa shape index (κ1) is 17.4. The van der Waals surface area contributed by atoms with Gasteiger partial charge in [0.25, 0.3) is 0 Å². The molecule has 3 N–H and O–H groups in total. The van der Waals surface area contributed by atoms with Crippen LogP contribution in [0.4, 0.5) is 22.2 Å². The molecule has 0 aliphatic carbocycles. The lowest BCUT2D eigenvalue weighted by Gasteiger charge is -2.33. The second kappa shape index (κ2) is 7.33. The minimum absolute atomic E-state index is 0.234. The average molecular weight is 385 g/mol. The Balaban J connectivity index is 1.35. The largest absolute Gasteiger partial charge is 0.430 e. The number of hydrogen-bond donors (Lipinski definition) is 2. The molecule has 1 saturated heterocycles. The number of piperazine rings is 1. The summed E-state index contributed by atoms with van der Waals surface area (Å²) in [7, 11) is 0. The van der Waals surface area contributed by atoms with Gasteiger partial charge in [-0.05, 0) is 19.1 Å². The van der Waals surface area contributed by atoms with Gasteiger partial charge in [-0.1, -0.05) is 17.7 Å². The first-order chi connectivity index (χ1) is 13.1. The highest BCUT2D eigenvalue weighted by molar-refractivity contribution is 7.16. The topological polar surface area (TPSA) is 110 Å². The Morgan fingerprint density at radius 3 is 2.67 bits per heavy atom. The number of fused-ring (bicyclic) bond motifs is 1. The standard InChI is InChI=1S/C17H19N7O2S/c1-11-2-4-12(5-3-11)20-17(25)26-24-8-6-23(7-9-24)14-13-15(27-10-19-13)22-16(18)21-14/h2-5,10H,6-9H2,1H3,(H,20,25)(H2,18,21,22). The predicted molar refractivity (Wildman–Crippen MR) is 105 cm³/mol. The van der Waals surface area contributed by atoms with Crippen LogP contribution >= 0.6 is 11.3 Å². The highest BCUT2D eigenvalue weighted by Gasteiger charge is 2.24. The van der Waals surface area contributed by atoms with Gasteiger partial charge in [-0.2, -0.15) is 4.98 Å². The summed E-state index contributed by atoms with van der Waals surface area (Å²) in [5.41, 5.74) is 10.1. The van der Waals surface area contributed by atoms with Crippen molar-refractivity contribution in [3.05, 3.63) is 35.3 Å². The number of thiazole rings is 1. The van der Waals surface area contributed by atoms with Gasteiger partial charge in [0, 0.05) is 18.8 Å². The van der Waals surface area contributed by atoms with Crippen molar-refractivity contribution in [1.82, 2.24) is 20.0 Å². The Labute approximate surface area is 159 Å². The molecule has 140 valence electrons. The van der Waals surface area contributed by atoms with Crippen molar-refractivity contribution < 1.29 is 9.63 Å². The van der Waals surface area contributed by atoms with Crippen LogP contribution in [0.15, 0.2) is 29.8 Å². The van der Waals surface area contributed by atoms with Crippen LogP contribution in [0.1, 0.15) is 5.56 Å². The molecule has 9 nitrogen and oxygen atoms in total. The Morgan fingerprint density at radius 2 is 1.93 bits per heavy atom. The van der Waals surface area contributed by atoms with Gasteiger partial charge in [0.15, 0.2) is 10.6 Å². The van der Waals surface area contributed by atoms with Gasteiger partial charge in [-0.25, -0.2) is 14.8 Å². The number of aromatic nitrogens is 3. The lowest BCUT2D eigenvalue weighted by atomic mass is 10.2. The number of rotatable bonds is 3. The fourth-order valence-electron chi connectivity index (χ4n) is 2.87. The summed E-state index contributed by atoms with van der Waals surface area (Å²) in [6, 6.07) is 7.54. The molecule has 0 radical (unpaired) electrons. The number of anilines is 3. The Bertz CT molecular complexity index is 952. The zero-order chi connectivity index (χ0) is 18.8. The van der Waals surface area contributed by atoms with E-state index >= 15 is 0 Å². The monoisotopic (exact) mass is 385 g/mol. The molecule has 1 fully saturated rings. The number of nitrogens with zero attached hydrogens (tertiary/aromatic N) is 5. The van der Waals surface area contributed by atoms with Crippen LogP contribution in [0.3, 0.4) is 0 Å². The summed E-state index contributed by atoms with van der Waals surface area (Å²) in [6.45, 7) is 4.38. The van der Waals surface area contributed by atoms with E-state index in [2.05, 4.69) is 25.2 Å². The SMILES string of the molecule is Cc1ccc(NC(=O)ON2CCN(c3nc(N)nc4scnc34)CC2)cc1. The molecule has 3 aromatic rings. The molecule has 0 atom stereocenters. The molecule has 1 aliphatic heterocycles. The fraction of sp³-hybridized carbons (Fsp3) is 0.294. The second-order valence-corrected chi connectivity index (χ2v) is 7.03. The van der Waals surface area contributed by atoms with Crippen LogP contribution in [0.5, 0.6) is 0 Å².